The highest BCUT2D eigenvalue weighted by atomic mass is 16.5. The van der Waals surface area contributed by atoms with E-state index in [2.05, 4.69) is 5.16 Å². The molecule has 1 aliphatic rings. The van der Waals surface area contributed by atoms with Crippen molar-refractivity contribution in [1.29, 1.82) is 0 Å². The molecule has 1 saturated heterocycles. The van der Waals surface area contributed by atoms with Gasteiger partial charge in [-0.15, -0.1) is 0 Å². The lowest BCUT2D eigenvalue weighted by molar-refractivity contribution is 0.0719. The molecule has 0 bridgehead atoms. The van der Waals surface area contributed by atoms with Crippen molar-refractivity contribution in [2.75, 3.05) is 13.1 Å². The topological polar surface area (TPSA) is 46.3 Å². The fraction of sp³-hybridized carbons (Fsp3) is 0.636. The molecule has 0 unspecified atom stereocenters. The summed E-state index contributed by atoms with van der Waals surface area (Å²) in [6, 6.07) is 1.70. The minimum atomic E-state index is -0.0162. The highest BCUT2D eigenvalue weighted by Gasteiger charge is 2.20. The molecule has 1 amide bonds. The van der Waals surface area contributed by atoms with Crippen LogP contribution < -0.4 is 0 Å². The molecule has 0 radical (unpaired) electrons. The van der Waals surface area contributed by atoms with Gasteiger partial charge in [0.15, 0.2) is 0 Å². The van der Waals surface area contributed by atoms with E-state index in [0.29, 0.717) is 5.76 Å². The third-order valence-electron chi connectivity index (χ3n) is 2.73. The molecule has 0 aliphatic carbocycles. The van der Waals surface area contributed by atoms with Crippen molar-refractivity contribution in [2.24, 2.45) is 0 Å². The zero-order valence-electron chi connectivity index (χ0n) is 9.03. The molecule has 2 heterocycles. The van der Waals surface area contributed by atoms with Crippen LogP contribution in [0.3, 0.4) is 0 Å². The summed E-state index contributed by atoms with van der Waals surface area (Å²) >= 11 is 0. The summed E-state index contributed by atoms with van der Waals surface area (Å²) in [6.07, 6.45) is 4.64. The van der Waals surface area contributed by atoms with Gasteiger partial charge < -0.3 is 9.42 Å². The van der Waals surface area contributed by atoms with E-state index in [1.54, 1.807) is 6.07 Å². The lowest BCUT2D eigenvalue weighted by Gasteiger charge is -2.18. The van der Waals surface area contributed by atoms with Gasteiger partial charge >= 0.3 is 0 Å². The Labute approximate surface area is 89.2 Å². The second kappa shape index (κ2) is 4.47. The minimum absolute atomic E-state index is 0.0162. The normalized spacial score (nSPS) is 17.5. The number of aryl methyl sites for hydroxylation is 1. The summed E-state index contributed by atoms with van der Waals surface area (Å²) in [7, 11) is 0. The average Bonchev–Trinajstić information content (AvgIpc) is 2.53. The first-order valence-electron chi connectivity index (χ1n) is 5.50. The van der Waals surface area contributed by atoms with Gasteiger partial charge in [0.2, 0.25) is 5.76 Å². The second-order valence-corrected chi connectivity index (χ2v) is 4.04. The molecular weight excluding hydrogens is 192 g/mol. The molecule has 2 rings (SSSR count). The Morgan fingerprint density at radius 3 is 2.53 bits per heavy atom. The number of hydrogen-bond donors (Lipinski definition) is 0. The molecule has 1 aromatic rings. The summed E-state index contributed by atoms with van der Waals surface area (Å²) in [5.74, 6) is 0.354. The van der Waals surface area contributed by atoms with Gasteiger partial charge in [-0.1, -0.05) is 18.0 Å². The predicted octanol–water partition coefficient (Wildman–Crippen LogP) is 2.00. The molecule has 82 valence electrons. The maximum absolute atomic E-state index is 12.0. The van der Waals surface area contributed by atoms with E-state index in [4.69, 9.17) is 4.52 Å². The standard InChI is InChI=1S/C11H16N2O2/c1-9-8-10(15-12-9)11(14)13-6-4-2-3-5-7-13/h8H,2-7H2,1H3. The van der Waals surface area contributed by atoms with E-state index in [1.807, 2.05) is 11.8 Å². The van der Waals surface area contributed by atoms with Crippen LogP contribution in [0.15, 0.2) is 10.6 Å². The molecule has 0 saturated carbocycles. The zero-order valence-corrected chi connectivity index (χ0v) is 9.03. The van der Waals surface area contributed by atoms with Crippen LogP contribution in [0.5, 0.6) is 0 Å². The summed E-state index contributed by atoms with van der Waals surface area (Å²) in [5.41, 5.74) is 0.758. The van der Waals surface area contributed by atoms with Crippen LogP contribution in [0.4, 0.5) is 0 Å². The Balaban J connectivity index is 2.06. The lowest BCUT2D eigenvalue weighted by Crippen LogP contribution is -2.31. The van der Waals surface area contributed by atoms with Crippen LogP contribution in [-0.4, -0.2) is 29.1 Å². The fourth-order valence-electron chi connectivity index (χ4n) is 1.89. The first-order chi connectivity index (χ1) is 7.27. The average molecular weight is 208 g/mol. The fourth-order valence-corrected chi connectivity index (χ4v) is 1.89. The molecule has 15 heavy (non-hydrogen) atoms. The number of hydrogen-bond acceptors (Lipinski definition) is 3. The van der Waals surface area contributed by atoms with E-state index < -0.39 is 0 Å². The largest absolute Gasteiger partial charge is 0.351 e. The SMILES string of the molecule is Cc1cc(C(=O)N2CCCCCC2)on1. The van der Waals surface area contributed by atoms with Crippen molar-refractivity contribution in [3.05, 3.63) is 17.5 Å². The van der Waals surface area contributed by atoms with Crippen molar-refractivity contribution in [3.8, 4) is 0 Å². The number of aromatic nitrogens is 1. The molecule has 0 atom stereocenters. The van der Waals surface area contributed by atoms with Crippen molar-refractivity contribution in [1.82, 2.24) is 10.1 Å². The van der Waals surface area contributed by atoms with Crippen molar-refractivity contribution in [2.45, 2.75) is 32.6 Å². The first kappa shape index (κ1) is 10.2. The summed E-state index contributed by atoms with van der Waals surface area (Å²) in [4.78, 5) is 13.8. The Hall–Kier alpha value is -1.32. The van der Waals surface area contributed by atoms with Crippen LogP contribution in [-0.2, 0) is 0 Å². The number of rotatable bonds is 1. The van der Waals surface area contributed by atoms with E-state index in [1.165, 1.54) is 12.8 Å². The van der Waals surface area contributed by atoms with Crippen LogP contribution >= 0.6 is 0 Å². The molecular formula is C11H16N2O2. The van der Waals surface area contributed by atoms with Gasteiger partial charge in [0.25, 0.3) is 5.91 Å². The maximum atomic E-state index is 12.0. The molecule has 0 aromatic carbocycles. The predicted molar refractivity (Wildman–Crippen MR) is 55.6 cm³/mol. The van der Waals surface area contributed by atoms with Crippen LogP contribution in [0.1, 0.15) is 41.9 Å². The van der Waals surface area contributed by atoms with E-state index in [9.17, 15) is 4.79 Å². The minimum Gasteiger partial charge on any atom is -0.351 e. The van der Waals surface area contributed by atoms with Gasteiger partial charge in [-0.25, -0.2) is 0 Å². The Bertz CT molecular complexity index is 338. The van der Waals surface area contributed by atoms with Crippen LogP contribution in [0, 0.1) is 6.92 Å². The van der Waals surface area contributed by atoms with Gasteiger partial charge in [0.05, 0.1) is 5.69 Å². The Morgan fingerprint density at radius 1 is 1.33 bits per heavy atom. The van der Waals surface area contributed by atoms with E-state index in [0.717, 1.165) is 31.6 Å². The highest BCUT2D eigenvalue weighted by molar-refractivity contribution is 5.91. The molecule has 0 N–H and O–H groups in total. The van der Waals surface area contributed by atoms with Gasteiger partial charge in [0.1, 0.15) is 0 Å². The zero-order chi connectivity index (χ0) is 10.7. The smallest absolute Gasteiger partial charge is 0.292 e. The Kier molecular flexibility index (Phi) is 3.04. The van der Waals surface area contributed by atoms with Crippen molar-refractivity contribution < 1.29 is 9.32 Å². The van der Waals surface area contributed by atoms with Gasteiger partial charge in [-0.3, -0.25) is 4.79 Å². The van der Waals surface area contributed by atoms with E-state index >= 15 is 0 Å². The number of carbonyl (C=O) groups excluding carboxylic acids is 1. The molecule has 4 nitrogen and oxygen atoms in total. The highest BCUT2D eigenvalue weighted by Crippen LogP contribution is 2.13. The lowest BCUT2D eigenvalue weighted by atomic mass is 10.2. The summed E-state index contributed by atoms with van der Waals surface area (Å²) < 4.78 is 4.98. The third-order valence-corrected chi connectivity index (χ3v) is 2.73. The monoisotopic (exact) mass is 208 g/mol. The quantitative estimate of drug-likeness (QED) is 0.709. The Morgan fingerprint density at radius 2 is 2.00 bits per heavy atom. The number of likely N-dealkylation sites (tertiary alicyclic amines) is 1. The second-order valence-electron chi connectivity index (χ2n) is 4.04. The summed E-state index contributed by atoms with van der Waals surface area (Å²) in [5, 5.41) is 3.73. The van der Waals surface area contributed by atoms with E-state index in [-0.39, 0.29) is 5.91 Å². The number of nitrogens with zero attached hydrogens (tertiary/aromatic N) is 2. The van der Waals surface area contributed by atoms with Crippen molar-refractivity contribution in [3.63, 3.8) is 0 Å². The van der Waals surface area contributed by atoms with Crippen LogP contribution in [0.2, 0.25) is 0 Å². The summed E-state index contributed by atoms with van der Waals surface area (Å²) in [6.45, 7) is 3.51. The molecule has 1 aromatic heterocycles. The van der Waals surface area contributed by atoms with Crippen molar-refractivity contribution >= 4 is 5.91 Å². The molecule has 0 spiro atoms. The number of carbonyl (C=O) groups is 1. The van der Waals surface area contributed by atoms with Gasteiger partial charge in [-0.2, -0.15) is 0 Å². The van der Waals surface area contributed by atoms with Gasteiger partial charge in [-0.05, 0) is 19.8 Å². The molecule has 1 fully saturated rings. The van der Waals surface area contributed by atoms with Crippen LogP contribution in [0.25, 0.3) is 0 Å². The first-order valence-corrected chi connectivity index (χ1v) is 5.50. The molecule has 1 aliphatic heterocycles. The number of amides is 1. The van der Waals surface area contributed by atoms with Gasteiger partial charge in [0, 0.05) is 19.2 Å². The maximum Gasteiger partial charge on any atom is 0.292 e. The molecule has 4 heteroatoms. The third kappa shape index (κ3) is 2.37.